The SMILES string of the molecule is CN(c1ccc(-c2cc3ccc(OCCC(C)(C)O)cc3cc2OCc2ccccc2)nn1)C1CC(C)(C)NC(C)(C)C1. The second kappa shape index (κ2) is 12.1. The molecule has 0 bridgehead atoms. The van der Waals surface area contributed by atoms with Crippen molar-refractivity contribution in [1.82, 2.24) is 15.5 Å². The van der Waals surface area contributed by atoms with Crippen molar-refractivity contribution < 1.29 is 14.6 Å². The molecule has 0 radical (unpaired) electrons. The van der Waals surface area contributed by atoms with Crippen LogP contribution in [0.5, 0.6) is 11.5 Å². The molecule has 7 heteroatoms. The second-order valence-electron chi connectivity index (χ2n) is 13.9. The molecule has 4 aromatic rings. The van der Waals surface area contributed by atoms with Crippen LogP contribution >= 0.6 is 0 Å². The topological polar surface area (TPSA) is 79.7 Å². The van der Waals surface area contributed by atoms with Crippen molar-refractivity contribution in [3.8, 4) is 22.8 Å². The first kappa shape index (κ1) is 30.8. The predicted octanol–water partition coefficient (Wildman–Crippen LogP) is 7.16. The number of hydrogen-bond donors (Lipinski definition) is 2. The highest BCUT2D eigenvalue weighted by molar-refractivity contribution is 5.91. The molecule has 43 heavy (non-hydrogen) atoms. The van der Waals surface area contributed by atoms with Crippen LogP contribution in [0.15, 0.2) is 72.8 Å². The fraction of sp³-hybridized carbons (Fsp3) is 0.444. The van der Waals surface area contributed by atoms with Crippen LogP contribution < -0.4 is 19.7 Å². The van der Waals surface area contributed by atoms with E-state index >= 15 is 0 Å². The van der Waals surface area contributed by atoms with Gasteiger partial charge in [0.05, 0.1) is 17.9 Å². The second-order valence-corrected chi connectivity index (χ2v) is 13.9. The number of aliphatic hydroxyl groups is 1. The van der Waals surface area contributed by atoms with Gasteiger partial charge in [-0.05, 0) is 107 Å². The fourth-order valence-electron chi connectivity index (χ4n) is 6.20. The van der Waals surface area contributed by atoms with E-state index in [1.807, 2.05) is 36.4 Å². The van der Waals surface area contributed by atoms with Crippen molar-refractivity contribution in [2.75, 3.05) is 18.6 Å². The van der Waals surface area contributed by atoms with Crippen LogP contribution in [0.4, 0.5) is 5.82 Å². The van der Waals surface area contributed by atoms with E-state index in [0.29, 0.717) is 25.7 Å². The Morgan fingerprint density at radius 2 is 1.60 bits per heavy atom. The molecule has 0 unspecified atom stereocenters. The highest BCUT2D eigenvalue weighted by Gasteiger charge is 2.39. The van der Waals surface area contributed by atoms with Gasteiger partial charge in [-0.3, -0.25) is 0 Å². The zero-order valence-electron chi connectivity index (χ0n) is 26.6. The summed E-state index contributed by atoms with van der Waals surface area (Å²) < 4.78 is 12.4. The minimum atomic E-state index is -0.767. The summed E-state index contributed by atoms with van der Waals surface area (Å²) in [5.41, 5.74) is 2.07. The van der Waals surface area contributed by atoms with Crippen LogP contribution in [0.3, 0.4) is 0 Å². The number of hydrogen-bond acceptors (Lipinski definition) is 7. The van der Waals surface area contributed by atoms with E-state index in [-0.39, 0.29) is 11.1 Å². The summed E-state index contributed by atoms with van der Waals surface area (Å²) in [5, 5.41) is 25.3. The Morgan fingerprint density at radius 3 is 2.26 bits per heavy atom. The van der Waals surface area contributed by atoms with Gasteiger partial charge < -0.3 is 24.8 Å². The van der Waals surface area contributed by atoms with Crippen molar-refractivity contribution in [3.05, 3.63) is 78.4 Å². The third kappa shape index (κ3) is 8.03. The van der Waals surface area contributed by atoms with Gasteiger partial charge in [-0.1, -0.05) is 36.4 Å². The maximum atomic E-state index is 10.0. The Hall–Kier alpha value is -3.68. The summed E-state index contributed by atoms with van der Waals surface area (Å²) in [5.74, 6) is 2.36. The van der Waals surface area contributed by atoms with Gasteiger partial charge >= 0.3 is 0 Å². The van der Waals surface area contributed by atoms with Crippen molar-refractivity contribution >= 4 is 16.6 Å². The molecule has 1 aromatic heterocycles. The monoisotopic (exact) mass is 582 g/mol. The Bertz CT molecular complexity index is 1510. The first-order chi connectivity index (χ1) is 20.3. The molecular formula is C36H46N4O3. The lowest BCUT2D eigenvalue weighted by atomic mass is 9.79. The number of aromatic nitrogens is 2. The molecule has 3 aromatic carbocycles. The first-order valence-electron chi connectivity index (χ1n) is 15.2. The summed E-state index contributed by atoms with van der Waals surface area (Å²) >= 11 is 0. The smallest absolute Gasteiger partial charge is 0.151 e. The van der Waals surface area contributed by atoms with E-state index in [0.717, 1.165) is 57.8 Å². The third-order valence-electron chi connectivity index (χ3n) is 8.13. The van der Waals surface area contributed by atoms with Crippen LogP contribution in [-0.2, 0) is 6.61 Å². The van der Waals surface area contributed by atoms with Gasteiger partial charge in [0, 0.05) is 36.2 Å². The number of nitrogens with zero attached hydrogens (tertiary/aromatic N) is 3. The van der Waals surface area contributed by atoms with Crippen LogP contribution in [0.2, 0.25) is 0 Å². The molecule has 0 aliphatic carbocycles. The van der Waals surface area contributed by atoms with E-state index in [4.69, 9.17) is 19.7 Å². The molecule has 2 N–H and O–H groups in total. The molecule has 0 spiro atoms. The Morgan fingerprint density at radius 1 is 0.884 bits per heavy atom. The minimum Gasteiger partial charge on any atom is -0.493 e. The van der Waals surface area contributed by atoms with E-state index < -0.39 is 5.60 Å². The van der Waals surface area contributed by atoms with Crippen molar-refractivity contribution in [2.24, 2.45) is 0 Å². The summed E-state index contributed by atoms with van der Waals surface area (Å²) in [4.78, 5) is 2.27. The molecule has 228 valence electrons. The van der Waals surface area contributed by atoms with Gasteiger partial charge in [-0.25, -0.2) is 0 Å². The van der Waals surface area contributed by atoms with Crippen molar-refractivity contribution in [1.29, 1.82) is 0 Å². The molecule has 2 heterocycles. The molecule has 7 nitrogen and oxygen atoms in total. The van der Waals surface area contributed by atoms with Gasteiger partial charge in [-0.15, -0.1) is 10.2 Å². The van der Waals surface area contributed by atoms with Crippen LogP contribution in [-0.4, -0.2) is 51.7 Å². The quantitative estimate of drug-likeness (QED) is 0.205. The third-order valence-corrected chi connectivity index (χ3v) is 8.13. The largest absolute Gasteiger partial charge is 0.493 e. The predicted molar refractivity (Wildman–Crippen MR) is 175 cm³/mol. The van der Waals surface area contributed by atoms with E-state index in [9.17, 15) is 5.11 Å². The zero-order valence-corrected chi connectivity index (χ0v) is 26.6. The molecule has 1 aliphatic heterocycles. The molecule has 0 amide bonds. The van der Waals surface area contributed by atoms with Crippen LogP contribution in [0.25, 0.3) is 22.0 Å². The number of ether oxygens (including phenoxy) is 2. The molecule has 0 saturated carbocycles. The number of nitrogens with one attached hydrogen (secondary N) is 1. The van der Waals surface area contributed by atoms with Gasteiger partial charge in [0.15, 0.2) is 5.82 Å². The Balaban J connectivity index is 1.43. The lowest BCUT2D eigenvalue weighted by molar-refractivity contribution is 0.0553. The van der Waals surface area contributed by atoms with E-state index in [2.05, 4.69) is 81.4 Å². The van der Waals surface area contributed by atoms with Crippen molar-refractivity contribution in [2.45, 2.75) is 90.1 Å². The van der Waals surface area contributed by atoms with E-state index in [1.165, 1.54) is 0 Å². The summed E-state index contributed by atoms with van der Waals surface area (Å²) in [6.07, 6.45) is 2.61. The lowest BCUT2D eigenvalue weighted by Gasteiger charge is -2.49. The summed E-state index contributed by atoms with van der Waals surface area (Å²) in [7, 11) is 2.12. The normalized spacial score (nSPS) is 16.7. The number of rotatable bonds is 10. The van der Waals surface area contributed by atoms with Gasteiger partial charge in [0.2, 0.25) is 0 Å². The zero-order chi connectivity index (χ0) is 30.8. The number of fused-ring (bicyclic) bond motifs is 1. The Kier molecular flexibility index (Phi) is 8.68. The molecular weight excluding hydrogens is 536 g/mol. The van der Waals surface area contributed by atoms with Gasteiger partial charge in [-0.2, -0.15) is 0 Å². The average Bonchev–Trinajstić information content (AvgIpc) is 2.93. The molecule has 5 rings (SSSR count). The first-order valence-corrected chi connectivity index (χ1v) is 15.2. The standard InChI is InChI=1S/C36H46N4O3/c1-34(2)22-28(23-35(3,4)39-34)40(7)33-16-15-31(37-38-33)30-20-26-13-14-29(42-18-17-36(5,6)41)19-27(26)21-32(30)43-24-25-11-9-8-10-12-25/h8-16,19-21,28,39,41H,17-18,22-24H2,1-7H3. The summed E-state index contributed by atoms with van der Waals surface area (Å²) in [6, 6.07) is 24.8. The fourth-order valence-corrected chi connectivity index (χ4v) is 6.20. The van der Waals surface area contributed by atoms with Crippen molar-refractivity contribution in [3.63, 3.8) is 0 Å². The molecule has 1 fully saturated rings. The van der Waals surface area contributed by atoms with Gasteiger partial charge in [0.1, 0.15) is 18.1 Å². The van der Waals surface area contributed by atoms with Gasteiger partial charge in [0.25, 0.3) is 0 Å². The number of anilines is 1. The van der Waals surface area contributed by atoms with E-state index in [1.54, 1.807) is 13.8 Å². The highest BCUT2D eigenvalue weighted by atomic mass is 16.5. The Labute approximate surface area is 256 Å². The highest BCUT2D eigenvalue weighted by Crippen LogP contribution is 2.37. The molecule has 1 saturated heterocycles. The minimum absolute atomic E-state index is 0.0461. The lowest BCUT2D eigenvalue weighted by Crippen LogP contribution is -2.62. The number of piperidine rings is 1. The summed E-state index contributed by atoms with van der Waals surface area (Å²) in [6.45, 7) is 13.5. The maximum absolute atomic E-state index is 10.0. The molecule has 0 atom stereocenters. The maximum Gasteiger partial charge on any atom is 0.151 e. The molecule has 1 aliphatic rings. The number of benzene rings is 3. The van der Waals surface area contributed by atoms with Crippen LogP contribution in [0, 0.1) is 0 Å². The average molecular weight is 583 g/mol. The van der Waals surface area contributed by atoms with Crippen LogP contribution in [0.1, 0.15) is 66.4 Å².